The Bertz CT molecular complexity index is 191. The van der Waals surface area contributed by atoms with Gasteiger partial charge in [0.2, 0.25) is 0 Å². The second-order valence-electron chi connectivity index (χ2n) is 6.12. The maximum Gasteiger partial charge on any atom is 0.00106 e. The number of likely N-dealkylation sites (tertiary alicyclic amines) is 2. The molecule has 2 heteroatoms. The molecule has 2 aliphatic rings. The molecule has 0 aliphatic carbocycles. The molecular weight excluding hydrogens is 196 g/mol. The highest BCUT2D eigenvalue weighted by Gasteiger charge is 2.23. The Balaban J connectivity index is 1.58. The summed E-state index contributed by atoms with van der Waals surface area (Å²) >= 11 is 0. The summed E-state index contributed by atoms with van der Waals surface area (Å²) in [6.45, 7) is 12.8. The molecule has 0 bridgehead atoms. The van der Waals surface area contributed by atoms with Crippen molar-refractivity contribution in [1.82, 2.24) is 9.80 Å². The Kier molecular flexibility index (Phi) is 4.66. The predicted octanol–water partition coefficient (Wildman–Crippen LogP) is 2.45. The molecule has 2 saturated heterocycles. The smallest absolute Gasteiger partial charge is 0.00106 e. The highest BCUT2D eigenvalue weighted by atomic mass is 15.2. The zero-order valence-electron chi connectivity index (χ0n) is 11.1. The molecular formula is C14H28N2. The second kappa shape index (κ2) is 6.02. The number of rotatable bonds is 5. The molecule has 0 saturated carbocycles. The summed E-state index contributed by atoms with van der Waals surface area (Å²) in [5.74, 6) is 1.86. The number of piperidine rings is 1. The van der Waals surface area contributed by atoms with E-state index in [0.717, 1.165) is 11.8 Å². The molecule has 16 heavy (non-hydrogen) atoms. The average Bonchev–Trinajstić information content (AvgIpc) is 2.22. The Morgan fingerprint density at radius 2 is 1.69 bits per heavy atom. The van der Waals surface area contributed by atoms with Crippen molar-refractivity contribution in [3.8, 4) is 0 Å². The van der Waals surface area contributed by atoms with Gasteiger partial charge in [-0.15, -0.1) is 0 Å². The molecule has 0 radical (unpaired) electrons. The Labute approximate surface area is 101 Å². The molecule has 0 aromatic heterocycles. The van der Waals surface area contributed by atoms with Gasteiger partial charge in [0, 0.05) is 6.54 Å². The van der Waals surface area contributed by atoms with Crippen molar-refractivity contribution < 1.29 is 0 Å². The van der Waals surface area contributed by atoms with E-state index in [1.807, 2.05) is 0 Å². The van der Waals surface area contributed by atoms with Gasteiger partial charge in [0.15, 0.2) is 0 Å². The first-order valence-corrected chi connectivity index (χ1v) is 7.19. The van der Waals surface area contributed by atoms with Crippen LogP contribution in [0.4, 0.5) is 0 Å². The van der Waals surface area contributed by atoms with E-state index in [1.165, 1.54) is 65.0 Å². The van der Waals surface area contributed by atoms with E-state index in [4.69, 9.17) is 0 Å². The molecule has 0 spiro atoms. The van der Waals surface area contributed by atoms with E-state index >= 15 is 0 Å². The van der Waals surface area contributed by atoms with Crippen LogP contribution in [0.1, 0.15) is 39.5 Å². The highest BCUT2D eigenvalue weighted by Crippen LogP contribution is 2.21. The van der Waals surface area contributed by atoms with Crippen molar-refractivity contribution >= 4 is 0 Å². The molecule has 0 N–H and O–H groups in total. The van der Waals surface area contributed by atoms with Crippen molar-refractivity contribution in [1.29, 1.82) is 0 Å². The lowest BCUT2D eigenvalue weighted by atomic mass is 9.94. The standard InChI is InChI=1S/C14H28N2/c1-13(2)4-9-15-10-5-14(6-11-15)12-16-7-3-8-16/h13-14H,3-12H2,1-2H3. The molecule has 0 aromatic carbocycles. The van der Waals surface area contributed by atoms with E-state index in [9.17, 15) is 0 Å². The van der Waals surface area contributed by atoms with Crippen LogP contribution >= 0.6 is 0 Å². The Morgan fingerprint density at radius 1 is 1.00 bits per heavy atom. The van der Waals surface area contributed by atoms with E-state index < -0.39 is 0 Å². The van der Waals surface area contributed by atoms with Gasteiger partial charge < -0.3 is 9.80 Å². The predicted molar refractivity (Wildman–Crippen MR) is 69.7 cm³/mol. The van der Waals surface area contributed by atoms with Gasteiger partial charge in [0.05, 0.1) is 0 Å². The minimum Gasteiger partial charge on any atom is -0.303 e. The van der Waals surface area contributed by atoms with Crippen LogP contribution in [0.3, 0.4) is 0 Å². The first-order valence-electron chi connectivity index (χ1n) is 7.19. The van der Waals surface area contributed by atoms with E-state index in [1.54, 1.807) is 0 Å². The fraction of sp³-hybridized carbons (Fsp3) is 1.00. The average molecular weight is 224 g/mol. The van der Waals surface area contributed by atoms with Crippen LogP contribution in [-0.2, 0) is 0 Å². The summed E-state index contributed by atoms with van der Waals surface area (Å²) in [6, 6.07) is 0. The first kappa shape index (κ1) is 12.4. The van der Waals surface area contributed by atoms with Crippen LogP contribution in [0.25, 0.3) is 0 Å². The van der Waals surface area contributed by atoms with Gasteiger partial charge >= 0.3 is 0 Å². The highest BCUT2D eigenvalue weighted by molar-refractivity contribution is 4.78. The van der Waals surface area contributed by atoms with Crippen molar-refractivity contribution in [2.75, 3.05) is 39.3 Å². The monoisotopic (exact) mass is 224 g/mol. The van der Waals surface area contributed by atoms with Crippen molar-refractivity contribution in [2.24, 2.45) is 11.8 Å². The van der Waals surface area contributed by atoms with Crippen LogP contribution < -0.4 is 0 Å². The quantitative estimate of drug-likeness (QED) is 0.708. The third-order valence-electron chi connectivity index (χ3n) is 4.19. The number of hydrogen-bond acceptors (Lipinski definition) is 2. The molecule has 0 aromatic rings. The minimum absolute atomic E-state index is 0.860. The summed E-state index contributed by atoms with van der Waals surface area (Å²) in [6.07, 6.45) is 5.69. The third kappa shape index (κ3) is 3.74. The van der Waals surface area contributed by atoms with Crippen molar-refractivity contribution in [3.63, 3.8) is 0 Å². The van der Waals surface area contributed by atoms with Gasteiger partial charge in [-0.25, -0.2) is 0 Å². The fourth-order valence-corrected chi connectivity index (χ4v) is 2.76. The van der Waals surface area contributed by atoms with E-state index in [0.29, 0.717) is 0 Å². The molecule has 2 rings (SSSR count). The second-order valence-corrected chi connectivity index (χ2v) is 6.12. The number of nitrogens with zero attached hydrogens (tertiary/aromatic N) is 2. The van der Waals surface area contributed by atoms with Gasteiger partial charge in [-0.05, 0) is 70.2 Å². The summed E-state index contributed by atoms with van der Waals surface area (Å²) < 4.78 is 0. The van der Waals surface area contributed by atoms with Crippen LogP contribution in [0.15, 0.2) is 0 Å². The Hall–Kier alpha value is -0.0800. The molecule has 2 nitrogen and oxygen atoms in total. The van der Waals surface area contributed by atoms with Gasteiger partial charge in [-0.2, -0.15) is 0 Å². The molecule has 0 amide bonds. The SMILES string of the molecule is CC(C)CCN1CCC(CN2CCC2)CC1. The maximum atomic E-state index is 2.67. The largest absolute Gasteiger partial charge is 0.303 e. The van der Waals surface area contributed by atoms with Gasteiger partial charge in [0.1, 0.15) is 0 Å². The summed E-state index contributed by atoms with van der Waals surface area (Å²) in [7, 11) is 0. The molecule has 2 aliphatic heterocycles. The third-order valence-corrected chi connectivity index (χ3v) is 4.19. The number of hydrogen-bond donors (Lipinski definition) is 0. The molecule has 2 heterocycles. The molecule has 0 unspecified atom stereocenters. The van der Waals surface area contributed by atoms with Crippen molar-refractivity contribution in [3.05, 3.63) is 0 Å². The zero-order chi connectivity index (χ0) is 11.4. The minimum atomic E-state index is 0.860. The van der Waals surface area contributed by atoms with Gasteiger partial charge in [-0.3, -0.25) is 0 Å². The lowest BCUT2D eigenvalue weighted by molar-refractivity contribution is 0.107. The van der Waals surface area contributed by atoms with E-state index in [-0.39, 0.29) is 0 Å². The normalized spacial score (nSPS) is 24.9. The van der Waals surface area contributed by atoms with Gasteiger partial charge in [-0.1, -0.05) is 13.8 Å². The van der Waals surface area contributed by atoms with Crippen LogP contribution in [-0.4, -0.2) is 49.1 Å². The summed E-state index contributed by atoms with van der Waals surface area (Å²) in [5, 5.41) is 0. The molecule has 94 valence electrons. The van der Waals surface area contributed by atoms with Gasteiger partial charge in [0.25, 0.3) is 0 Å². The summed E-state index contributed by atoms with van der Waals surface area (Å²) in [5.41, 5.74) is 0. The zero-order valence-corrected chi connectivity index (χ0v) is 11.1. The lowest BCUT2D eigenvalue weighted by Gasteiger charge is -2.38. The Morgan fingerprint density at radius 3 is 2.19 bits per heavy atom. The van der Waals surface area contributed by atoms with Crippen LogP contribution in [0.5, 0.6) is 0 Å². The van der Waals surface area contributed by atoms with Crippen LogP contribution in [0, 0.1) is 11.8 Å². The van der Waals surface area contributed by atoms with Crippen molar-refractivity contribution in [2.45, 2.75) is 39.5 Å². The maximum absolute atomic E-state index is 2.67. The molecule has 2 fully saturated rings. The summed E-state index contributed by atoms with van der Waals surface area (Å²) in [4.78, 5) is 5.31. The fourth-order valence-electron chi connectivity index (χ4n) is 2.76. The first-order chi connectivity index (χ1) is 7.74. The van der Waals surface area contributed by atoms with Crippen LogP contribution in [0.2, 0.25) is 0 Å². The lowest BCUT2D eigenvalue weighted by Crippen LogP contribution is -2.44. The van der Waals surface area contributed by atoms with E-state index in [2.05, 4.69) is 23.6 Å². The topological polar surface area (TPSA) is 6.48 Å². The molecule has 0 atom stereocenters.